The zero-order valence-corrected chi connectivity index (χ0v) is 13.2. The average Bonchev–Trinajstić information content (AvgIpc) is 3.03. The maximum absolute atomic E-state index is 13.9. The van der Waals surface area contributed by atoms with Crippen molar-refractivity contribution in [2.24, 2.45) is 0 Å². The molecule has 3 aromatic rings. The summed E-state index contributed by atoms with van der Waals surface area (Å²) in [6, 6.07) is 3.97. The van der Waals surface area contributed by atoms with Gasteiger partial charge in [-0.3, -0.25) is 4.57 Å². The summed E-state index contributed by atoms with van der Waals surface area (Å²) in [6.45, 7) is 0.639. The number of phenols is 2. The third-order valence-electron chi connectivity index (χ3n) is 4.09. The Hall–Kier alpha value is -2.94. The van der Waals surface area contributed by atoms with Crippen molar-refractivity contribution in [2.75, 3.05) is 11.9 Å². The van der Waals surface area contributed by atoms with Crippen molar-refractivity contribution >= 4 is 22.7 Å². The number of fused-ring (bicyclic) bond motifs is 1. The standard InChI is InChI=1S/C16H16FN5O3/c17-16-20-14(19-10-7-9(23)4-5-11(10)24)13-15(21-16)22(8-18-13)12-3-1-2-6-25-12/h4-5,7-8,12,23-24H,1-3,6H2,(H,19,20,21). The van der Waals surface area contributed by atoms with Crippen molar-refractivity contribution in [3.63, 3.8) is 0 Å². The Balaban J connectivity index is 1.76. The fourth-order valence-electron chi connectivity index (χ4n) is 2.88. The summed E-state index contributed by atoms with van der Waals surface area (Å²) in [6.07, 6.45) is 3.19. The van der Waals surface area contributed by atoms with Crippen molar-refractivity contribution in [1.82, 2.24) is 19.5 Å². The molecule has 0 aliphatic carbocycles. The van der Waals surface area contributed by atoms with E-state index in [2.05, 4.69) is 20.3 Å². The van der Waals surface area contributed by atoms with Crippen LogP contribution in [0.25, 0.3) is 11.2 Å². The largest absolute Gasteiger partial charge is 0.508 e. The van der Waals surface area contributed by atoms with E-state index in [1.54, 1.807) is 10.9 Å². The molecule has 1 aromatic carbocycles. The molecule has 8 nitrogen and oxygen atoms in total. The molecule has 130 valence electrons. The molecule has 0 spiro atoms. The van der Waals surface area contributed by atoms with Crippen LogP contribution in [0.15, 0.2) is 24.5 Å². The highest BCUT2D eigenvalue weighted by Crippen LogP contribution is 2.33. The van der Waals surface area contributed by atoms with E-state index in [1.165, 1.54) is 18.2 Å². The molecule has 1 aliphatic heterocycles. The highest BCUT2D eigenvalue weighted by atomic mass is 19.1. The molecular formula is C16H16FN5O3. The SMILES string of the molecule is Oc1ccc(O)c(Nc2nc(F)nc3c2ncn3C2CCCCO2)c1. The van der Waals surface area contributed by atoms with Gasteiger partial charge in [-0.25, -0.2) is 4.98 Å². The molecule has 1 fully saturated rings. The number of benzene rings is 1. The van der Waals surface area contributed by atoms with Gasteiger partial charge in [0.25, 0.3) is 0 Å². The van der Waals surface area contributed by atoms with Crippen LogP contribution in [-0.4, -0.2) is 36.3 Å². The topological polar surface area (TPSA) is 105 Å². The van der Waals surface area contributed by atoms with Crippen molar-refractivity contribution in [2.45, 2.75) is 25.5 Å². The zero-order chi connectivity index (χ0) is 17.4. The molecule has 2 aromatic heterocycles. The van der Waals surface area contributed by atoms with Gasteiger partial charge >= 0.3 is 6.08 Å². The van der Waals surface area contributed by atoms with E-state index in [0.717, 1.165) is 19.3 Å². The molecule has 25 heavy (non-hydrogen) atoms. The van der Waals surface area contributed by atoms with Crippen molar-refractivity contribution in [3.05, 3.63) is 30.6 Å². The van der Waals surface area contributed by atoms with Crippen molar-refractivity contribution in [1.29, 1.82) is 0 Å². The average molecular weight is 345 g/mol. The Morgan fingerprint density at radius 3 is 2.92 bits per heavy atom. The first-order valence-electron chi connectivity index (χ1n) is 7.92. The number of rotatable bonds is 3. The van der Waals surface area contributed by atoms with Gasteiger partial charge in [0.1, 0.15) is 17.7 Å². The Morgan fingerprint density at radius 1 is 1.24 bits per heavy atom. The Morgan fingerprint density at radius 2 is 2.12 bits per heavy atom. The van der Waals surface area contributed by atoms with E-state index in [4.69, 9.17) is 4.74 Å². The Bertz CT molecular complexity index is 924. The van der Waals surface area contributed by atoms with Gasteiger partial charge in [-0.15, -0.1) is 0 Å². The van der Waals surface area contributed by atoms with Gasteiger partial charge in [-0.05, 0) is 31.4 Å². The van der Waals surface area contributed by atoms with Crippen LogP contribution in [-0.2, 0) is 4.74 Å². The lowest BCUT2D eigenvalue weighted by Crippen LogP contribution is -2.18. The number of phenolic OH excluding ortho intramolecular Hbond substituents is 2. The summed E-state index contributed by atoms with van der Waals surface area (Å²) in [5.74, 6) is -0.0646. The minimum absolute atomic E-state index is 0.0489. The molecule has 9 heteroatoms. The number of hydrogen-bond acceptors (Lipinski definition) is 7. The molecule has 3 heterocycles. The summed E-state index contributed by atoms with van der Waals surface area (Å²) in [4.78, 5) is 11.8. The van der Waals surface area contributed by atoms with E-state index in [0.29, 0.717) is 17.8 Å². The van der Waals surface area contributed by atoms with Crippen LogP contribution in [0, 0.1) is 6.08 Å². The molecule has 0 bridgehead atoms. The third-order valence-corrected chi connectivity index (χ3v) is 4.09. The van der Waals surface area contributed by atoms with Crippen LogP contribution in [0.3, 0.4) is 0 Å². The van der Waals surface area contributed by atoms with Crippen LogP contribution in [0.1, 0.15) is 25.5 Å². The van der Waals surface area contributed by atoms with E-state index >= 15 is 0 Å². The maximum Gasteiger partial charge on any atom is 0.312 e. The summed E-state index contributed by atoms with van der Waals surface area (Å²) in [7, 11) is 0. The Kier molecular flexibility index (Phi) is 3.85. The monoisotopic (exact) mass is 345 g/mol. The van der Waals surface area contributed by atoms with E-state index < -0.39 is 6.08 Å². The van der Waals surface area contributed by atoms with E-state index in [9.17, 15) is 14.6 Å². The number of ether oxygens (including phenoxy) is 1. The lowest BCUT2D eigenvalue weighted by atomic mass is 10.2. The molecule has 0 amide bonds. The first-order chi connectivity index (χ1) is 12.1. The number of hydrogen-bond donors (Lipinski definition) is 3. The summed E-state index contributed by atoms with van der Waals surface area (Å²) < 4.78 is 21.3. The van der Waals surface area contributed by atoms with Gasteiger partial charge in [-0.1, -0.05) is 0 Å². The minimum Gasteiger partial charge on any atom is -0.508 e. The van der Waals surface area contributed by atoms with Crippen molar-refractivity contribution < 1.29 is 19.3 Å². The quantitative estimate of drug-likeness (QED) is 0.381. The molecule has 4 rings (SSSR count). The second-order valence-corrected chi connectivity index (χ2v) is 5.81. The van der Waals surface area contributed by atoms with Crippen LogP contribution in [0.2, 0.25) is 0 Å². The van der Waals surface area contributed by atoms with Gasteiger partial charge in [0.2, 0.25) is 0 Å². The fourth-order valence-corrected chi connectivity index (χ4v) is 2.88. The number of nitrogens with zero attached hydrogens (tertiary/aromatic N) is 4. The predicted molar refractivity (Wildman–Crippen MR) is 87.2 cm³/mol. The third kappa shape index (κ3) is 2.93. The minimum atomic E-state index is -0.924. The van der Waals surface area contributed by atoms with Crippen LogP contribution < -0.4 is 5.32 Å². The molecule has 1 saturated heterocycles. The lowest BCUT2D eigenvalue weighted by molar-refractivity contribution is -0.0298. The molecule has 3 N–H and O–H groups in total. The highest BCUT2D eigenvalue weighted by molar-refractivity contribution is 5.86. The number of aromatic hydroxyl groups is 2. The van der Waals surface area contributed by atoms with E-state index in [-0.39, 0.29) is 29.2 Å². The zero-order valence-electron chi connectivity index (χ0n) is 13.2. The number of halogens is 1. The molecular weight excluding hydrogens is 329 g/mol. The van der Waals surface area contributed by atoms with Gasteiger partial charge in [0.05, 0.1) is 12.0 Å². The second kappa shape index (κ2) is 6.17. The number of aromatic nitrogens is 4. The summed E-state index contributed by atoms with van der Waals surface area (Å²) in [5.41, 5.74) is 0.836. The number of imidazole rings is 1. The highest BCUT2D eigenvalue weighted by Gasteiger charge is 2.21. The van der Waals surface area contributed by atoms with Gasteiger partial charge in [0.15, 0.2) is 17.0 Å². The molecule has 0 radical (unpaired) electrons. The normalized spacial score (nSPS) is 17.7. The first kappa shape index (κ1) is 15.6. The maximum atomic E-state index is 13.9. The summed E-state index contributed by atoms with van der Waals surface area (Å²) in [5, 5.41) is 22.2. The predicted octanol–water partition coefficient (Wildman–Crippen LogP) is 2.82. The molecule has 1 unspecified atom stereocenters. The van der Waals surface area contributed by atoms with Gasteiger partial charge in [-0.2, -0.15) is 14.4 Å². The van der Waals surface area contributed by atoms with Gasteiger partial charge < -0.3 is 20.3 Å². The molecule has 0 saturated carbocycles. The van der Waals surface area contributed by atoms with Crippen LogP contribution in [0.5, 0.6) is 11.5 Å². The molecule has 1 aliphatic rings. The Labute approximate surface area is 141 Å². The second-order valence-electron chi connectivity index (χ2n) is 5.81. The smallest absolute Gasteiger partial charge is 0.312 e. The van der Waals surface area contributed by atoms with Crippen LogP contribution in [0.4, 0.5) is 15.9 Å². The van der Waals surface area contributed by atoms with E-state index in [1.807, 2.05) is 0 Å². The number of anilines is 2. The lowest BCUT2D eigenvalue weighted by Gasteiger charge is -2.23. The number of nitrogens with one attached hydrogen (secondary N) is 1. The first-order valence-corrected chi connectivity index (χ1v) is 7.92. The molecule has 1 atom stereocenters. The van der Waals surface area contributed by atoms with Gasteiger partial charge in [0, 0.05) is 12.7 Å². The van der Waals surface area contributed by atoms with Crippen LogP contribution >= 0.6 is 0 Å². The fraction of sp³-hybridized carbons (Fsp3) is 0.312. The summed E-state index contributed by atoms with van der Waals surface area (Å²) >= 11 is 0. The van der Waals surface area contributed by atoms with Crippen molar-refractivity contribution in [3.8, 4) is 11.5 Å².